The van der Waals surface area contributed by atoms with Crippen LogP contribution >= 0.6 is 0 Å². The number of piperidine rings is 3. The number of likely N-dealkylation sites (tertiary alicyclic amines) is 1. The Hall–Kier alpha value is -3.03. The average Bonchev–Trinajstić information content (AvgIpc) is 2.76. The van der Waals surface area contributed by atoms with Gasteiger partial charge in [0.05, 0.1) is 6.33 Å². The van der Waals surface area contributed by atoms with Gasteiger partial charge in [-0.25, -0.2) is 9.37 Å². The molecule has 1 aromatic carbocycles. The molecule has 2 amide bonds. The molecule has 0 aliphatic carbocycles. The quantitative estimate of drug-likeness (QED) is 0.817. The summed E-state index contributed by atoms with van der Waals surface area (Å²) in [6.45, 7) is 1.00. The maximum absolute atomic E-state index is 13.8. The maximum Gasteiger partial charge on any atom is 0.263 e. The van der Waals surface area contributed by atoms with E-state index >= 15 is 0 Å². The number of halogens is 1. The van der Waals surface area contributed by atoms with Gasteiger partial charge in [0.1, 0.15) is 11.4 Å². The molecule has 0 spiro atoms. The third-order valence-electron chi connectivity index (χ3n) is 7.07. The lowest BCUT2D eigenvalue weighted by atomic mass is 9.70. The van der Waals surface area contributed by atoms with E-state index in [0.717, 1.165) is 24.8 Å². The second kappa shape index (κ2) is 7.90. The second-order valence-electron chi connectivity index (χ2n) is 8.92. The molecule has 2 bridgehead atoms. The molecule has 0 radical (unpaired) electrons. The number of rotatable bonds is 3. The van der Waals surface area contributed by atoms with E-state index in [1.165, 1.54) is 24.7 Å². The van der Waals surface area contributed by atoms with E-state index in [2.05, 4.69) is 9.97 Å². The summed E-state index contributed by atoms with van der Waals surface area (Å²) >= 11 is 0. The van der Waals surface area contributed by atoms with Crippen LogP contribution in [0.15, 0.2) is 41.6 Å². The van der Waals surface area contributed by atoms with Crippen molar-refractivity contribution >= 4 is 11.8 Å². The third kappa shape index (κ3) is 3.64. The van der Waals surface area contributed by atoms with Crippen molar-refractivity contribution < 1.29 is 14.0 Å². The molecule has 8 heteroatoms. The minimum atomic E-state index is -0.443. The van der Waals surface area contributed by atoms with Crippen LogP contribution in [0.25, 0.3) is 0 Å². The van der Waals surface area contributed by atoms with Crippen molar-refractivity contribution in [2.75, 3.05) is 13.1 Å². The number of amides is 2. The Morgan fingerprint density at radius 1 is 1.23 bits per heavy atom. The molecule has 1 aromatic heterocycles. The lowest BCUT2D eigenvalue weighted by Gasteiger charge is -2.56. The van der Waals surface area contributed by atoms with E-state index in [4.69, 9.17) is 0 Å². The zero-order valence-corrected chi connectivity index (χ0v) is 17.2. The lowest BCUT2D eigenvalue weighted by Crippen LogP contribution is -2.66. The fraction of sp³-hybridized carbons (Fsp3) is 0.478. The van der Waals surface area contributed by atoms with Crippen LogP contribution in [-0.4, -0.2) is 56.8 Å². The number of fused-ring (bicyclic) bond motifs is 4. The molecule has 0 saturated carbocycles. The zero-order valence-electron chi connectivity index (χ0n) is 17.2. The van der Waals surface area contributed by atoms with Crippen molar-refractivity contribution in [2.24, 2.45) is 11.8 Å². The number of H-pyrrole nitrogens is 1. The molecule has 3 aliphatic rings. The van der Waals surface area contributed by atoms with Gasteiger partial charge in [-0.2, -0.15) is 0 Å². The predicted molar refractivity (Wildman–Crippen MR) is 111 cm³/mol. The number of nitrogens with zero attached hydrogens (tertiary/aromatic N) is 3. The summed E-state index contributed by atoms with van der Waals surface area (Å²) in [7, 11) is 0. The molecule has 3 fully saturated rings. The van der Waals surface area contributed by atoms with Gasteiger partial charge in [-0.1, -0.05) is 12.1 Å². The lowest BCUT2D eigenvalue weighted by molar-refractivity contribution is -0.151. The molecule has 3 aliphatic heterocycles. The average molecular weight is 424 g/mol. The van der Waals surface area contributed by atoms with E-state index in [1.807, 2.05) is 11.0 Å². The number of nitrogens with one attached hydrogen (secondary N) is 1. The summed E-state index contributed by atoms with van der Waals surface area (Å²) in [6, 6.07) is 6.52. The molecule has 2 aromatic rings. The van der Waals surface area contributed by atoms with Crippen molar-refractivity contribution in [2.45, 2.75) is 44.2 Å². The molecule has 3 saturated heterocycles. The smallest absolute Gasteiger partial charge is 0.263 e. The highest BCUT2D eigenvalue weighted by Gasteiger charge is 2.50. The van der Waals surface area contributed by atoms with E-state index in [9.17, 15) is 18.8 Å². The van der Waals surface area contributed by atoms with E-state index < -0.39 is 5.56 Å². The standard InChI is InChI=1S/C23H25FN4O3/c24-17-4-1-3-14(7-17)8-20-16-9-15(19-5-2-6-21(29)28(19)20)11-27(12-16)23(31)18-10-25-13-26-22(18)30/h1,3-4,7,10,13,15-16,19-20H,2,5-6,8-9,11-12H2,(H,25,26,30)/t15-,16+,19+,20+/m1/s1. The Kier molecular flexibility index (Phi) is 5.08. The maximum atomic E-state index is 13.8. The first kappa shape index (κ1) is 19.9. The molecule has 1 N–H and O–H groups in total. The minimum Gasteiger partial charge on any atom is -0.338 e. The summed E-state index contributed by atoms with van der Waals surface area (Å²) in [4.78, 5) is 48.3. The van der Waals surface area contributed by atoms with Crippen molar-refractivity contribution in [3.63, 3.8) is 0 Å². The summed E-state index contributed by atoms with van der Waals surface area (Å²) in [6.07, 6.45) is 6.39. The Bertz CT molecular complexity index is 1070. The first-order chi connectivity index (χ1) is 15.0. The molecule has 162 valence electrons. The fourth-order valence-electron chi connectivity index (χ4n) is 5.78. The Morgan fingerprint density at radius 2 is 2.06 bits per heavy atom. The first-order valence-electron chi connectivity index (χ1n) is 10.9. The number of benzene rings is 1. The number of aromatic nitrogens is 2. The van der Waals surface area contributed by atoms with Crippen LogP contribution in [0, 0.1) is 17.7 Å². The number of carbonyl (C=O) groups is 2. The van der Waals surface area contributed by atoms with Gasteiger partial charge >= 0.3 is 0 Å². The van der Waals surface area contributed by atoms with Crippen LogP contribution in [0.1, 0.15) is 41.6 Å². The molecular weight excluding hydrogens is 399 g/mol. The zero-order chi connectivity index (χ0) is 21.5. The van der Waals surface area contributed by atoms with Crippen LogP contribution in [0.5, 0.6) is 0 Å². The van der Waals surface area contributed by atoms with Crippen LogP contribution in [0.2, 0.25) is 0 Å². The Morgan fingerprint density at radius 3 is 2.87 bits per heavy atom. The number of carbonyl (C=O) groups excluding carboxylic acids is 2. The van der Waals surface area contributed by atoms with E-state index in [0.29, 0.717) is 25.9 Å². The summed E-state index contributed by atoms with van der Waals surface area (Å²) in [5, 5.41) is 0. The number of hydrogen-bond acceptors (Lipinski definition) is 4. The van der Waals surface area contributed by atoms with Gasteiger partial charge in [-0.05, 0) is 55.2 Å². The largest absolute Gasteiger partial charge is 0.338 e. The molecule has 7 nitrogen and oxygen atoms in total. The van der Waals surface area contributed by atoms with Gasteiger partial charge in [0.25, 0.3) is 11.5 Å². The van der Waals surface area contributed by atoms with Crippen LogP contribution in [0.4, 0.5) is 4.39 Å². The van der Waals surface area contributed by atoms with Gasteiger partial charge in [0.15, 0.2) is 0 Å². The molecule has 0 unspecified atom stereocenters. The van der Waals surface area contributed by atoms with Gasteiger partial charge in [0, 0.05) is 37.8 Å². The molecule has 4 heterocycles. The SMILES string of the molecule is O=C(c1cnc[nH]c1=O)N1C[C@H]2C[C@@H](C1)[C@H](Cc1cccc(F)c1)N1C(=O)CCC[C@@H]21. The van der Waals surface area contributed by atoms with Crippen molar-refractivity contribution in [3.05, 3.63) is 64.1 Å². The number of aromatic amines is 1. The molecular formula is C23H25FN4O3. The normalized spacial score (nSPS) is 27.7. The number of hydrogen-bond donors (Lipinski definition) is 1. The van der Waals surface area contributed by atoms with Crippen molar-refractivity contribution in [1.29, 1.82) is 0 Å². The molecule has 4 atom stereocenters. The highest BCUT2D eigenvalue weighted by Crippen LogP contribution is 2.42. The van der Waals surface area contributed by atoms with Crippen LogP contribution < -0.4 is 5.56 Å². The highest BCUT2D eigenvalue weighted by molar-refractivity contribution is 5.93. The summed E-state index contributed by atoms with van der Waals surface area (Å²) in [5.41, 5.74) is 0.454. The van der Waals surface area contributed by atoms with Gasteiger partial charge in [-0.15, -0.1) is 0 Å². The van der Waals surface area contributed by atoms with Crippen LogP contribution in [-0.2, 0) is 11.2 Å². The monoisotopic (exact) mass is 424 g/mol. The highest BCUT2D eigenvalue weighted by atomic mass is 19.1. The third-order valence-corrected chi connectivity index (χ3v) is 7.07. The molecule has 5 rings (SSSR count). The topological polar surface area (TPSA) is 86.4 Å². The van der Waals surface area contributed by atoms with Crippen LogP contribution in [0.3, 0.4) is 0 Å². The Labute approximate surface area is 179 Å². The predicted octanol–water partition coefficient (Wildman–Crippen LogP) is 1.99. The van der Waals surface area contributed by atoms with Crippen molar-refractivity contribution in [3.8, 4) is 0 Å². The minimum absolute atomic E-state index is 0.0423. The van der Waals surface area contributed by atoms with E-state index in [1.54, 1.807) is 11.0 Å². The van der Waals surface area contributed by atoms with Gasteiger partial charge in [-0.3, -0.25) is 14.4 Å². The van der Waals surface area contributed by atoms with Gasteiger partial charge < -0.3 is 14.8 Å². The van der Waals surface area contributed by atoms with Gasteiger partial charge in [0.2, 0.25) is 5.91 Å². The van der Waals surface area contributed by atoms with Crippen molar-refractivity contribution in [1.82, 2.24) is 19.8 Å². The Balaban J connectivity index is 1.46. The molecule has 31 heavy (non-hydrogen) atoms. The van der Waals surface area contributed by atoms with E-state index in [-0.39, 0.29) is 47.1 Å². The summed E-state index contributed by atoms with van der Waals surface area (Å²) in [5.74, 6) is -0.171. The fourth-order valence-corrected chi connectivity index (χ4v) is 5.78. The first-order valence-corrected chi connectivity index (χ1v) is 10.9. The summed E-state index contributed by atoms with van der Waals surface area (Å²) < 4.78 is 13.8. The second-order valence-corrected chi connectivity index (χ2v) is 8.92.